The summed E-state index contributed by atoms with van der Waals surface area (Å²) in [4.78, 5) is 2.44. The number of furan rings is 1. The third kappa shape index (κ3) is 3.52. The molecule has 0 fully saturated rings. The summed E-state index contributed by atoms with van der Waals surface area (Å²) in [6, 6.07) is 51.0. The van der Waals surface area contributed by atoms with Gasteiger partial charge in [-0.25, -0.2) is 0 Å². The van der Waals surface area contributed by atoms with Crippen LogP contribution in [0, 0.1) is 0 Å². The number of anilines is 3. The van der Waals surface area contributed by atoms with Gasteiger partial charge in [0.1, 0.15) is 11.2 Å². The lowest BCUT2D eigenvalue weighted by atomic mass is 9.82. The zero-order chi connectivity index (χ0) is 30.6. The topological polar surface area (TPSA) is 16.4 Å². The van der Waals surface area contributed by atoms with Crippen LogP contribution in [0.3, 0.4) is 0 Å². The van der Waals surface area contributed by atoms with E-state index in [1.165, 1.54) is 53.2 Å². The van der Waals surface area contributed by atoms with Crippen LogP contribution in [0.2, 0.25) is 0 Å². The first-order chi connectivity index (χ1) is 22.6. The Morgan fingerprint density at radius 1 is 0.500 bits per heavy atom. The minimum Gasteiger partial charge on any atom is -0.456 e. The van der Waals surface area contributed by atoms with Crippen LogP contribution in [0.5, 0.6) is 0 Å². The van der Waals surface area contributed by atoms with E-state index < -0.39 is 0 Å². The van der Waals surface area contributed by atoms with Crippen molar-refractivity contribution in [2.75, 3.05) is 4.90 Å². The lowest BCUT2D eigenvalue weighted by Gasteiger charge is -2.28. The van der Waals surface area contributed by atoms with Crippen LogP contribution >= 0.6 is 11.3 Å². The number of hydrogen-bond donors (Lipinski definition) is 0. The average molecular weight is 608 g/mol. The summed E-state index contributed by atoms with van der Waals surface area (Å²) < 4.78 is 8.91. The first-order valence-corrected chi connectivity index (χ1v) is 16.7. The summed E-state index contributed by atoms with van der Waals surface area (Å²) in [6.45, 7) is 4.68. The molecular formula is C43H29NOS. The zero-order valence-corrected chi connectivity index (χ0v) is 26.4. The monoisotopic (exact) mass is 607 g/mol. The second kappa shape index (κ2) is 9.32. The fraction of sp³-hybridized carbons (Fsp3) is 0.0698. The predicted octanol–water partition coefficient (Wildman–Crippen LogP) is 12.9. The van der Waals surface area contributed by atoms with Crippen molar-refractivity contribution in [1.29, 1.82) is 0 Å². The second-order valence-corrected chi connectivity index (χ2v) is 14.0. The molecule has 0 aliphatic heterocycles. The van der Waals surface area contributed by atoms with E-state index in [0.717, 1.165) is 39.0 Å². The maximum atomic E-state index is 6.25. The Labute approximate surface area is 270 Å². The van der Waals surface area contributed by atoms with Crippen molar-refractivity contribution in [3.8, 4) is 11.1 Å². The van der Waals surface area contributed by atoms with E-state index in [-0.39, 0.29) is 5.41 Å². The van der Waals surface area contributed by atoms with E-state index in [1.54, 1.807) is 0 Å². The van der Waals surface area contributed by atoms with Gasteiger partial charge in [-0.2, -0.15) is 0 Å². The van der Waals surface area contributed by atoms with Gasteiger partial charge in [-0.15, -0.1) is 11.3 Å². The fourth-order valence-electron chi connectivity index (χ4n) is 7.85. The Bertz CT molecular complexity index is 2690. The van der Waals surface area contributed by atoms with Gasteiger partial charge in [0.15, 0.2) is 0 Å². The Balaban J connectivity index is 1.26. The van der Waals surface area contributed by atoms with Crippen molar-refractivity contribution in [3.05, 3.63) is 151 Å². The molecular weight excluding hydrogens is 579 g/mol. The van der Waals surface area contributed by atoms with E-state index in [4.69, 9.17) is 4.42 Å². The number of nitrogens with zero attached hydrogens (tertiary/aromatic N) is 1. The Morgan fingerprint density at radius 2 is 1.17 bits per heavy atom. The van der Waals surface area contributed by atoms with Crippen LogP contribution in [0.15, 0.2) is 144 Å². The molecule has 9 aromatic rings. The maximum Gasteiger partial charge on any atom is 0.135 e. The van der Waals surface area contributed by atoms with Crippen LogP contribution in [0.1, 0.15) is 25.0 Å². The molecule has 0 bridgehead atoms. The molecule has 0 radical (unpaired) electrons. The number of para-hydroxylation sites is 1. The summed E-state index contributed by atoms with van der Waals surface area (Å²) in [5.74, 6) is 0. The molecule has 0 atom stereocenters. The molecule has 46 heavy (non-hydrogen) atoms. The molecule has 218 valence electrons. The van der Waals surface area contributed by atoms with Gasteiger partial charge in [0.05, 0.1) is 5.69 Å². The summed E-state index contributed by atoms with van der Waals surface area (Å²) >= 11 is 1.89. The molecule has 1 aliphatic rings. The minimum absolute atomic E-state index is 0.0455. The normalized spacial score (nSPS) is 13.6. The van der Waals surface area contributed by atoms with Gasteiger partial charge >= 0.3 is 0 Å². The van der Waals surface area contributed by atoms with Crippen LogP contribution in [0.4, 0.5) is 17.1 Å². The maximum absolute atomic E-state index is 6.25. The SMILES string of the molecule is CC1(C)c2ccccc2-c2cc(N(c3ccc4oc5ccccc5c4c3)c3cccc4c3ccc3c5ccccc5sc43)ccc21. The van der Waals surface area contributed by atoms with Crippen molar-refractivity contribution in [3.63, 3.8) is 0 Å². The van der Waals surface area contributed by atoms with Gasteiger partial charge in [-0.1, -0.05) is 105 Å². The van der Waals surface area contributed by atoms with E-state index in [0.29, 0.717) is 0 Å². The summed E-state index contributed by atoms with van der Waals surface area (Å²) in [5, 5.41) is 7.42. The Hall–Kier alpha value is -5.38. The van der Waals surface area contributed by atoms with Gasteiger partial charge in [-0.3, -0.25) is 0 Å². The van der Waals surface area contributed by atoms with Crippen LogP contribution in [0.25, 0.3) is 64.0 Å². The van der Waals surface area contributed by atoms with Crippen molar-refractivity contribution in [1.82, 2.24) is 0 Å². The molecule has 0 N–H and O–H groups in total. The lowest BCUT2D eigenvalue weighted by molar-refractivity contribution is 0.660. The standard InChI is InChI=1S/C43H29NOS/c1-43(2)36-14-6-3-10-28(36)34-24-26(18-22-37(34)43)44(27-19-23-40-35(25-27)30-11-4-7-16-39(30)45-40)38-15-9-13-32-29(38)20-21-33-31-12-5-8-17-41(31)46-42(32)33/h3-25H,1-2H3. The van der Waals surface area contributed by atoms with E-state index in [9.17, 15) is 0 Å². The summed E-state index contributed by atoms with van der Waals surface area (Å²) in [6.07, 6.45) is 0. The second-order valence-electron chi connectivity index (χ2n) is 12.9. The van der Waals surface area contributed by atoms with Gasteiger partial charge in [0, 0.05) is 58.5 Å². The third-order valence-electron chi connectivity index (χ3n) is 10.1. The molecule has 0 spiro atoms. The number of fused-ring (bicyclic) bond motifs is 11. The molecule has 1 aliphatic carbocycles. The van der Waals surface area contributed by atoms with Gasteiger partial charge in [0.2, 0.25) is 0 Å². The lowest BCUT2D eigenvalue weighted by Crippen LogP contribution is -2.15. The summed E-state index contributed by atoms with van der Waals surface area (Å²) in [5.41, 5.74) is 10.6. The highest BCUT2D eigenvalue weighted by molar-refractivity contribution is 7.26. The van der Waals surface area contributed by atoms with Crippen molar-refractivity contribution in [2.45, 2.75) is 19.3 Å². The van der Waals surface area contributed by atoms with Crippen molar-refractivity contribution >= 4 is 81.3 Å². The quantitative estimate of drug-likeness (QED) is 0.199. The fourth-order valence-corrected chi connectivity index (χ4v) is 9.08. The van der Waals surface area contributed by atoms with E-state index in [2.05, 4.69) is 146 Å². The van der Waals surface area contributed by atoms with Gasteiger partial charge in [-0.05, 0) is 70.8 Å². The zero-order valence-electron chi connectivity index (χ0n) is 25.5. The molecule has 0 amide bonds. The third-order valence-corrected chi connectivity index (χ3v) is 11.3. The molecule has 2 heterocycles. The molecule has 2 aromatic heterocycles. The van der Waals surface area contributed by atoms with Crippen molar-refractivity contribution in [2.24, 2.45) is 0 Å². The van der Waals surface area contributed by atoms with Gasteiger partial charge < -0.3 is 9.32 Å². The highest BCUT2D eigenvalue weighted by Crippen LogP contribution is 2.51. The number of hydrogen-bond acceptors (Lipinski definition) is 3. The number of thiophene rings is 1. The van der Waals surface area contributed by atoms with E-state index >= 15 is 0 Å². The summed E-state index contributed by atoms with van der Waals surface area (Å²) in [7, 11) is 0. The number of benzene rings is 7. The molecule has 0 saturated carbocycles. The minimum atomic E-state index is -0.0455. The molecule has 2 nitrogen and oxygen atoms in total. The number of rotatable bonds is 3. The van der Waals surface area contributed by atoms with Crippen LogP contribution in [-0.2, 0) is 5.41 Å². The first-order valence-electron chi connectivity index (χ1n) is 15.9. The van der Waals surface area contributed by atoms with Gasteiger partial charge in [0.25, 0.3) is 0 Å². The Morgan fingerprint density at radius 3 is 2.11 bits per heavy atom. The molecule has 7 aromatic carbocycles. The van der Waals surface area contributed by atoms with Crippen molar-refractivity contribution < 1.29 is 4.42 Å². The Kier molecular flexibility index (Phi) is 5.25. The smallest absolute Gasteiger partial charge is 0.135 e. The van der Waals surface area contributed by atoms with E-state index in [1.807, 2.05) is 23.5 Å². The molecule has 0 saturated heterocycles. The molecule has 3 heteroatoms. The van der Waals surface area contributed by atoms with Crippen LogP contribution < -0.4 is 4.90 Å². The average Bonchev–Trinajstić information content (AvgIpc) is 3.73. The van der Waals surface area contributed by atoms with Crippen LogP contribution in [-0.4, -0.2) is 0 Å². The predicted molar refractivity (Wildman–Crippen MR) is 196 cm³/mol. The first kappa shape index (κ1) is 25.9. The molecule has 0 unspecified atom stereocenters. The molecule has 10 rings (SSSR count). The highest BCUT2D eigenvalue weighted by atomic mass is 32.1. The largest absolute Gasteiger partial charge is 0.456 e. The highest BCUT2D eigenvalue weighted by Gasteiger charge is 2.35.